The zero-order valence-corrected chi connectivity index (χ0v) is 11.3. The molecule has 0 aliphatic heterocycles. The van der Waals surface area contributed by atoms with Crippen molar-refractivity contribution in [3.63, 3.8) is 0 Å². The van der Waals surface area contributed by atoms with E-state index in [0.717, 1.165) is 17.7 Å². The summed E-state index contributed by atoms with van der Waals surface area (Å²) in [6, 6.07) is 7.38. The van der Waals surface area contributed by atoms with E-state index >= 15 is 0 Å². The van der Waals surface area contributed by atoms with Crippen LogP contribution in [0.3, 0.4) is 0 Å². The van der Waals surface area contributed by atoms with Crippen molar-refractivity contribution in [2.75, 3.05) is 13.7 Å². The maximum atomic E-state index is 11.6. The molecule has 0 bridgehead atoms. The number of carbonyl (C=O) groups is 1. The molecule has 1 aromatic carbocycles. The molecule has 0 aliphatic carbocycles. The van der Waals surface area contributed by atoms with Crippen LogP contribution >= 0.6 is 0 Å². The Morgan fingerprint density at radius 2 is 1.94 bits per heavy atom. The Labute approximate surface area is 109 Å². The molecular formula is C14H22N2O2. The molecule has 4 heteroatoms. The Bertz CT molecular complexity index is 374. The number of nitrogens with one attached hydrogen (secondary N) is 1. The van der Waals surface area contributed by atoms with Crippen molar-refractivity contribution in [3.05, 3.63) is 29.8 Å². The number of rotatable bonds is 6. The first-order valence-electron chi connectivity index (χ1n) is 6.21. The first kappa shape index (κ1) is 14.5. The number of amides is 1. The van der Waals surface area contributed by atoms with E-state index in [4.69, 9.17) is 10.5 Å². The van der Waals surface area contributed by atoms with Crippen LogP contribution in [0.2, 0.25) is 0 Å². The average Bonchev–Trinajstić information content (AvgIpc) is 2.38. The largest absolute Gasteiger partial charge is 0.497 e. The molecule has 1 rings (SSSR count). The molecule has 0 saturated heterocycles. The number of benzene rings is 1. The van der Waals surface area contributed by atoms with Gasteiger partial charge >= 0.3 is 0 Å². The minimum absolute atomic E-state index is 0.0847. The van der Waals surface area contributed by atoms with Crippen LogP contribution in [-0.2, 0) is 11.2 Å². The number of nitrogens with two attached hydrogens (primary N) is 1. The van der Waals surface area contributed by atoms with Gasteiger partial charge in [-0.05, 0) is 30.0 Å². The van der Waals surface area contributed by atoms with Crippen LogP contribution in [0.25, 0.3) is 0 Å². The van der Waals surface area contributed by atoms with Gasteiger partial charge in [0.05, 0.1) is 13.2 Å². The fraction of sp³-hybridized carbons (Fsp3) is 0.500. The van der Waals surface area contributed by atoms with Gasteiger partial charge in [0.1, 0.15) is 5.75 Å². The molecule has 1 amide bonds. The Morgan fingerprint density at radius 1 is 1.33 bits per heavy atom. The summed E-state index contributed by atoms with van der Waals surface area (Å²) in [7, 11) is 1.64. The fourth-order valence-corrected chi connectivity index (χ4v) is 1.54. The smallest absolute Gasteiger partial charge is 0.237 e. The highest BCUT2D eigenvalue weighted by atomic mass is 16.5. The van der Waals surface area contributed by atoms with Crippen LogP contribution in [0.15, 0.2) is 24.3 Å². The third-order valence-electron chi connectivity index (χ3n) is 2.89. The van der Waals surface area contributed by atoms with E-state index in [1.807, 2.05) is 38.1 Å². The Hall–Kier alpha value is -1.55. The first-order valence-corrected chi connectivity index (χ1v) is 6.21. The summed E-state index contributed by atoms with van der Waals surface area (Å²) in [4.78, 5) is 11.6. The van der Waals surface area contributed by atoms with Gasteiger partial charge in [0.2, 0.25) is 5.91 Å². The highest BCUT2D eigenvalue weighted by Crippen LogP contribution is 2.11. The Balaban J connectivity index is 2.35. The van der Waals surface area contributed by atoms with Crippen LogP contribution in [-0.4, -0.2) is 25.6 Å². The molecule has 0 spiro atoms. The lowest BCUT2D eigenvalue weighted by atomic mass is 10.0. The Morgan fingerprint density at radius 3 is 2.44 bits per heavy atom. The molecule has 0 saturated carbocycles. The maximum absolute atomic E-state index is 11.6. The second-order valence-corrected chi connectivity index (χ2v) is 4.66. The molecule has 0 heterocycles. The Kier molecular flexibility index (Phi) is 5.65. The summed E-state index contributed by atoms with van der Waals surface area (Å²) >= 11 is 0. The number of methoxy groups -OCH3 is 1. The van der Waals surface area contributed by atoms with Gasteiger partial charge in [-0.3, -0.25) is 4.79 Å². The summed E-state index contributed by atoms with van der Waals surface area (Å²) in [5.41, 5.74) is 6.91. The topological polar surface area (TPSA) is 64.3 Å². The van der Waals surface area contributed by atoms with Crippen molar-refractivity contribution in [3.8, 4) is 5.75 Å². The second kappa shape index (κ2) is 7.01. The average molecular weight is 250 g/mol. The van der Waals surface area contributed by atoms with Crippen molar-refractivity contribution >= 4 is 5.91 Å². The molecule has 1 aromatic rings. The molecule has 0 unspecified atom stereocenters. The number of ether oxygens (including phenoxy) is 1. The number of hydrogen-bond acceptors (Lipinski definition) is 3. The molecule has 1 atom stereocenters. The second-order valence-electron chi connectivity index (χ2n) is 4.66. The van der Waals surface area contributed by atoms with Crippen LogP contribution in [0.1, 0.15) is 19.4 Å². The quantitative estimate of drug-likeness (QED) is 0.800. The monoisotopic (exact) mass is 250 g/mol. The molecule has 0 aliphatic rings. The molecule has 0 fully saturated rings. The normalized spacial score (nSPS) is 12.3. The molecule has 18 heavy (non-hydrogen) atoms. The van der Waals surface area contributed by atoms with E-state index in [0.29, 0.717) is 6.54 Å². The highest BCUT2D eigenvalue weighted by Gasteiger charge is 2.16. The van der Waals surface area contributed by atoms with Gasteiger partial charge < -0.3 is 15.8 Å². The van der Waals surface area contributed by atoms with Gasteiger partial charge in [-0.15, -0.1) is 0 Å². The molecule has 0 radical (unpaired) electrons. The van der Waals surface area contributed by atoms with Crippen molar-refractivity contribution in [1.82, 2.24) is 5.32 Å². The lowest BCUT2D eigenvalue weighted by molar-refractivity contribution is -0.123. The van der Waals surface area contributed by atoms with Gasteiger partial charge in [-0.1, -0.05) is 26.0 Å². The van der Waals surface area contributed by atoms with Crippen molar-refractivity contribution < 1.29 is 9.53 Å². The summed E-state index contributed by atoms with van der Waals surface area (Å²) in [5, 5.41) is 2.85. The molecular weight excluding hydrogens is 228 g/mol. The van der Waals surface area contributed by atoms with E-state index in [1.54, 1.807) is 7.11 Å². The molecule has 4 nitrogen and oxygen atoms in total. The molecule has 100 valence electrons. The lowest BCUT2D eigenvalue weighted by Crippen LogP contribution is -2.44. The summed E-state index contributed by atoms with van der Waals surface area (Å²) in [5.74, 6) is 0.911. The predicted octanol–water partition coefficient (Wildman–Crippen LogP) is 1.34. The third-order valence-corrected chi connectivity index (χ3v) is 2.89. The van der Waals surface area contributed by atoms with E-state index in [1.165, 1.54) is 0 Å². The minimum Gasteiger partial charge on any atom is -0.497 e. The molecule has 3 N–H and O–H groups in total. The minimum atomic E-state index is -0.430. The van der Waals surface area contributed by atoms with Crippen molar-refractivity contribution in [2.24, 2.45) is 11.7 Å². The standard InChI is InChI=1S/C14H22N2O2/c1-10(2)13(15)14(17)16-9-8-11-4-6-12(18-3)7-5-11/h4-7,10,13H,8-9,15H2,1-3H3,(H,16,17)/t13-/m1/s1. The predicted molar refractivity (Wildman–Crippen MR) is 72.5 cm³/mol. The summed E-state index contributed by atoms with van der Waals surface area (Å²) < 4.78 is 5.08. The van der Waals surface area contributed by atoms with Crippen LogP contribution in [0.5, 0.6) is 5.75 Å². The van der Waals surface area contributed by atoms with E-state index in [2.05, 4.69) is 5.32 Å². The first-order chi connectivity index (χ1) is 8.54. The van der Waals surface area contributed by atoms with E-state index in [-0.39, 0.29) is 11.8 Å². The summed E-state index contributed by atoms with van der Waals surface area (Å²) in [6.45, 7) is 4.48. The number of hydrogen-bond donors (Lipinski definition) is 2. The summed E-state index contributed by atoms with van der Waals surface area (Å²) in [6.07, 6.45) is 0.792. The fourth-order valence-electron chi connectivity index (χ4n) is 1.54. The van der Waals surface area contributed by atoms with Crippen molar-refractivity contribution in [2.45, 2.75) is 26.3 Å². The van der Waals surface area contributed by atoms with Gasteiger partial charge in [0, 0.05) is 6.54 Å². The number of carbonyl (C=O) groups excluding carboxylic acids is 1. The molecule has 0 aromatic heterocycles. The zero-order chi connectivity index (χ0) is 13.5. The van der Waals surface area contributed by atoms with Gasteiger partial charge in [0.15, 0.2) is 0 Å². The highest BCUT2D eigenvalue weighted by molar-refractivity contribution is 5.81. The van der Waals surface area contributed by atoms with Gasteiger partial charge in [-0.25, -0.2) is 0 Å². The SMILES string of the molecule is COc1ccc(CCNC(=O)[C@H](N)C(C)C)cc1. The van der Waals surface area contributed by atoms with Gasteiger partial charge in [0.25, 0.3) is 0 Å². The maximum Gasteiger partial charge on any atom is 0.237 e. The lowest BCUT2D eigenvalue weighted by Gasteiger charge is -2.15. The third kappa shape index (κ3) is 4.37. The van der Waals surface area contributed by atoms with E-state index in [9.17, 15) is 4.79 Å². The zero-order valence-electron chi connectivity index (χ0n) is 11.3. The van der Waals surface area contributed by atoms with Crippen LogP contribution < -0.4 is 15.8 Å². The van der Waals surface area contributed by atoms with Crippen molar-refractivity contribution in [1.29, 1.82) is 0 Å². The van der Waals surface area contributed by atoms with Gasteiger partial charge in [-0.2, -0.15) is 0 Å². The van der Waals surface area contributed by atoms with E-state index < -0.39 is 6.04 Å². The van der Waals surface area contributed by atoms with Crippen LogP contribution in [0.4, 0.5) is 0 Å². The van der Waals surface area contributed by atoms with Crippen LogP contribution in [0, 0.1) is 5.92 Å².